The number of aromatic nitrogens is 1. The number of benzene rings is 1. The Morgan fingerprint density at radius 3 is 2.68 bits per heavy atom. The van der Waals surface area contributed by atoms with E-state index in [0.29, 0.717) is 6.79 Å². The minimum absolute atomic E-state index is 0.343. The first-order valence-corrected chi connectivity index (χ1v) is 9.21. The number of likely N-dealkylation sites (tertiary alicyclic amines) is 1. The molecule has 0 amide bonds. The van der Waals surface area contributed by atoms with Gasteiger partial charge in [-0.2, -0.15) is 0 Å². The number of piperidine rings is 1. The average molecular weight is 338 g/mol. The predicted molar refractivity (Wildman–Crippen MR) is 98.0 cm³/mol. The third-order valence-electron chi connectivity index (χ3n) is 5.11. The van der Waals surface area contributed by atoms with Crippen molar-refractivity contribution in [2.75, 3.05) is 19.9 Å². The van der Waals surface area contributed by atoms with Crippen LogP contribution in [0.25, 0.3) is 0 Å². The van der Waals surface area contributed by atoms with Crippen LogP contribution in [-0.4, -0.2) is 29.8 Å². The highest BCUT2D eigenvalue weighted by Gasteiger charge is 2.21. The van der Waals surface area contributed by atoms with Crippen LogP contribution in [0.3, 0.4) is 0 Å². The van der Waals surface area contributed by atoms with E-state index in [2.05, 4.69) is 48.0 Å². The zero-order valence-corrected chi connectivity index (χ0v) is 15.1. The number of rotatable bonds is 4. The van der Waals surface area contributed by atoms with Crippen LogP contribution in [0.4, 0.5) is 0 Å². The Balaban J connectivity index is 1.39. The normalized spacial score (nSPS) is 20.0. The Morgan fingerprint density at radius 1 is 1.04 bits per heavy atom. The molecule has 0 N–H and O–H groups in total. The van der Waals surface area contributed by atoms with Gasteiger partial charge in [-0.1, -0.05) is 6.07 Å². The number of fused-ring (bicyclic) bond motifs is 1. The maximum absolute atomic E-state index is 5.50. The van der Waals surface area contributed by atoms with E-state index in [4.69, 9.17) is 9.47 Å². The molecule has 0 aliphatic carbocycles. The van der Waals surface area contributed by atoms with Gasteiger partial charge in [-0.25, -0.2) is 0 Å². The number of pyridine rings is 1. The van der Waals surface area contributed by atoms with Crippen LogP contribution in [0.1, 0.15) is 35.4 Å². The van der Waals surface area contributed by atoms with E-state index in [1.807, 2.05) is 6.07 Å². The standard InChI is InChI=1S/C21H26N2O2/c1-15-8-19(9-16(2)22-15)10-17-4-3-7-23(12-17)13-18-5-6-20-21(11-18)25-14-24-20/h5-6,8-9,11,17H,3-4,7,10,12-14H2,1-2H3. The topological polar surface area (TPSA) is 34.6 Å². The maximum Gasteiger partial charge on any atom is 0.231 e. The van der Waals surface area contributed by atoms with Crippen molar-refractivity contribution in [1.29, 1.82) is 0 Å². The maximum atomic E-state index is 5.50. The Hall–Kier alpha value is -2.07. The molecule has 1 aromatic carbocycles. The third-order valence-corrected chi connectivity index (χ3v) is 5.11. The Bertz CT molecular complexity index is 739. The first kappa shape index (κ1) is 16.4. The van der Waals surface area contributed by atoms with E-state index in [0.717, 1.165) is 48.3 Å². The van der Waals surface area contributed by atoms with Crippen LogP contribution in [0.5, 0.6) is 11.5 Å². The minimum Gasteiger partial charge on any atom is -0.454 e. The van der Waals surface area contributed by atoms with E-state index in [9.17, 15) is 0 Å². The van der Waals surface area contributed by atoms with Gasteiger partial charge < -0.3 is 9.47 Å². The molecule has 0 saturated carbocycles. The van der Waals surface area contributed by atoms with E-state index in [1.165, 1.54) is 30.5 Å². The van der Waals surface area contributed by atoms with Crippen molar-refractivity contribution in [2.24, 2.45) is 5.92 Å². The average Bonchev–Trinajstić information content (AvgIpc) is 3.02. The molecule has 0 radical (unpaired) electrons. The largest absolute Gasteiger partial charge is 0.454 e. The van der Waals surface area contributed by atoms with E-state index in [1.54, 1.807) is 0 Å². The first-order valence-electron chi connectivity index (χ1n) is 9.21. The SMILES string of the molecule is Cc1cc(CC2CCCN(Cc3ccc4c(c3)OCO4)C2)cc(C)n1. The summed E-state index contributed by atoms with van der Waals surface area (Å²) in [6, 6.07) is 10.8. The molecule has 1 unspecified atom stereocenters. The highest BCUT2D eigenvalue weighted by Crippen LogP contribution is 2.33. The summed E-state index contributed by atoms with van der Waals surface area (Å²) in [6.07, 6.45) is 3.75. The number of aryl methyl sites for hydroxylation is 2. The summed E-state index contributed by atoms with van der Waals surface area (Å²) in [5.74, 6) is 2.47. The third kappa shape index (κ3) is 3.96. The van der Waals surface area contributed by atoms with Crippen molar-refractivity contribution in [3.63, 3.8) is 0 Å². The van der Waals surface area contributed by atoms with Crippen LogP contribution in [0.2, 0.25) is 0 Å². The van der Waals surface area contributed by atoms with Gasteiger partial charge in [0.15, 0.2) is 11.5 Å². The van der Waals surface area contributed by atoms with Gasteiger partial charge in [0.25, 0.3) is 0 Å². The van der Waals surface area contributed by atoms with Gasteiger partial charge in [0.1, 0.15) is 0 Å². The highest BCUT2D eigenvalue weighted by atomic mass is 16.7. The summed E-state index contributed by atoms with van der Waals surface area (Å²) < 4.78 is 10.9. The van der Waals surface area contributed by atoms with Crippen LogP contribution in [0, 0.1) is 19.8 Å². The Labute approximate surface area is 149 Å². The molecule has 4 heteroatoms. The summed E-state index contributed by atoms with van der Waals surface area (Å²) in [5, 5.41) is 0. The van der Waals surface area contributed by atoms with E-state index < -0.39 is 0 Å². The Kier molecular flexibility index (Phi) is 4.62. The van der Waals surface area contributed by atoms with Crippen LogP contribution < -0.4 is 9.47 Å². The van der Waals surface area contributed by atoms with Crippen molar-refractivity contribution in [3.05, 3.63) is 52.8 Å². The molecule has 25 heavy (non-hydrogen) atoms. The van der Waals surface area contributed by atoms with Crippen molar-refractivity contribution < 1.29 is 9.47 Å². The summed E-state index contributed by atoms with van der Waals surface area (Å²) >= 11 is 0. The summed E-state index contributed by atoms with van der Waals surface area (Å²) in [5.41, 5.74) is 4.99. The summed E-state index contributed by atoms with van der Waals surface area (Å²) in [4.78, 5) is 7.07. The lowest BCUT2D eigenvalue weighted by Crippen LogP contribution is -2.35. The molecule has 4 rings (SSSR count). The number of nitrogens with zero attached hydrogens (tertiary/aromatic N) is 2. The molecule has 4 nitrogen and oxygen atoms in total. The predicted octanol–water partition coefficient (Wildman–Crippen LogP) is 3.88. The van der Waals surface area contributed by atoms with Crippen molar-refractivity contribution in [1.82, 2.24) is 9.88 Å². The monoisotopic (exact) mass is 338 g/mol. The summed E-state index contributed by atoms with van der Waals surface area (Å²) in [6.45, 7) is 7.84. The van der Waals surface area contributed by atoms with E-state index in [-0.39, 0.29) is 0 Å². The second-order valence-corrected chi connectivity index (χ2v) is 7.39. The molecule has 1 fully saturated rings. The fourth-order valence-electron chi connectivity index (χ4n) is 4.13. The van der Waals surface area contributed by atoms with Crippen molar-refractivity contribution >= 4 is 0 Å². The lowest BCUT2D eigenvalue weighted by molar-refractivity contribution is 0.166. The summed E-state index contributed by atoms with van der Waals surface area (Å²) in [7, 11) is 0. The molecule has 2 aromatic rings. The number of hydrogen-bond acceptors (Lipinski definition) is 4. The minimum atomic E-state index is 0.343. The van der Waals surface area contributed by atoms with E-state index >= 15 is 0 Å². The van der Waals surface area contributed by atoms with Crippen molar-refractivity contribution in [2.45, 2.75) is 39.7 Å². The van der Waals surface area contributed by atoms with Crippen LogP contribution in [0.15, 0.2) is 30.3 Å². The van der Waals surface area contributed by atoms with Gasteiger partial charge in [0, 0.05) is 24.5 Å². The molecule has 0 bridgehead atoms. The van der Waals surface area contributed by atoms with Gasteiger partial charge in [0.2, 0.25) is 6.79 Å². The molecular weight excluding hydrogens is 312 g/mol. The van der Waals surface area contributed by atoms with Gasteiger partial charge >= 0.3 is 0 Å². The smallest absolute Gasteiger partial charge is 0.231 e. The lowest BCUT2D eigenvalue weighted by Gasteiger charge is -2.33. The fraction of sp³-hybridized carbons (Fsp3) is 0.476. The lowest BCUT2D eigenvalue weighted by atomic mass is 9.91. The zero-order chi connectivity index (χ0) is 17.2. The molecule has 3 heterocycles. The fourth-order valence-corrected chi connectivity index (χ4v) is 4.13. The highest BCUT2D eigenvalue weighted by molar-refractivity contribution is 5.44. The van der Waals surface area contributed by atoms with Crippen LogP contribution >= 0.6 is 0 Å². The first-order chi connectivity index (χ1) is 12.2. The molecule has 1 atom stereocenters. The molecule has 2 aliphatic rings. The molecule has 0 spiro atoms. The quantitative estimate of drug-likeness (QED) is 0.847. The van der Waals surface area contributed by atoms with Gasteiger partial charge in [-0.15, -0.1) is 0 Å². The molecule has 2 aliphatic heterocycles. The molecule has 132 valence electrons. The van der Waals surface area contributed by atoms with Gasteiger partial charge in [-0.3, -0.25) is 9.88 Å². The molecular formula is C21H26N2O2. The molecule has 1 saturated heterocycles. The van der Waals surface area contributed by atoms with Crippen LogP contribution in [-0.2, 0) is 13.0 Å². The second-order valence-electron chi connectivity index (χ2n) is 7.39. The molecule has 1 aromatic heterocycles. The number of ether oxygens (including phenoxy) is 2. The zero-order valence-electron chi connectivity index (χ0n) is 15.1. The Morgan fingerprint density at radius 2 is 1.84 bits per heavy atom. The number of hydrogen-bond donors (Lipinski definition) is 0. The second kappa shape index (κ2) is 7.04. The van der Waals surface area contributed by atoms with Gasteiger partial charge in [-0.05, 0) is 81.0 Å². The van der Waals surface area contributed by atoms with Gasteiger partial charge in [0.05, 0.1) is 0 Å². The van der Waals surface area contributed by atoms with Crippen molar-refractivity contribution in [3.8, 4) is 11.5 Å².